The molecule has 4 aromatic rings. The normalized spacial score (nSPS) is 10.8. The number of nitrogens with one attached hydrogen (secondary N) is 2. The van der Waals surface area contributed by atoms with Crippen molar-refractivity contribution in [3.63, 3.8) is 0 Å². The first-order chi connectivity index (χ1) is 11.7. The van der Waals surface area contributed by atoms with Crippen LogP contribution < -0.4 is 10.9 Å². The highest BCUT2D eigenvalue weighted by atomic mass is 16.2. The molecule has 2 aromatic heterocycles. The van der Waals surface area contributed by atoms with Gasteiger partial charge in [0.1, 0.15) is 5.69 Å². The number of hydrogen-bond donors (Lipinski definition) is 2. The Labute approximate surface area is 137 Å². The smallest absolute Gasteiger partial charge is 0.272 e. The second-order valence-corrected chi connectivity index (χ2v) is 5.47. The fourth-order valence-electron chi connectivity index (χ4n) is 2.67. The number of aromatic nitrogens is 2. The van der Waals surface area contributed by atoms with E-state index in [-0.39, 0.29) is 17.2 Å². The third-order valence-electron chi connectivity index (χ3n) is 3.85. The van der Waals surface area contributed by atoms with E-state index in [2.05, 4.69) is 15.3 Å². The third-order valence-corrected chi connectivity index (χ3v) is 3.85. The van der Waals surface area contributed by atoms with Crippen molar-refractivity contribution in [3.05, 3.63) is 82.9 Å². The van der Waals surface area contributed by atoms with Crippen LogP contribution in [0.25, 0.3) is 21.7 Å². The summed E-state index contributed by atoms with van der Waals surface area (Å²) in [6.07, 6.45) is 1.60. The Bertz CT molecular complexity index is 1130. The van der Waals surface area contributed by atoms with Crippen molar-refractivity contribution in [1.29, 1.82) is 0 Å². The molecule has 0 aliphatic rings. The number of fused-ring (bicyclic) bond motifs is 2. The molecule has 1 amide bonds. The molecule has 5 nitrogen and oxygen atoms in total. The minimum atomic E-state index is -0.380. The molecule has 0 spiro atoms. The molecule has 0 bridgehead atoms. The molecule has 0 fully saturated rings. The molecule has 116 valence electrons. The number of H-pyrrole nitrogens is 1. The van der Waals surface area contributed by atoms with Gasteiger partial charge in [-0.05, 0) is 29.7 Å². The predicted molar refractivity (Wildman–Crippen MR) is 94.3 cm³/mol. The maximum absolute atomic E-state index is 12.4. The van der Waals surface area contributed by atoms with E-state index in [4.69, 9.17) is 0 Å². The quantitative estimate of drug-likeness (QED) is 0.596. The average Bonchev–Trinajstić information content (AvgIpc) is 2.61. The SMILES string of the molecule is O=C(Nc1cnc2ccccc2c1)c1cc2ccccc2c(=O)[nH]1. The summed E-state index contributed by atoms with van der Waals surface area (Å²) in [5, 5.41) is 4.99. The minimum Gasteiger partial charge on any atom is -0.319 e. The first-order valence-electron chi connectivity index (χ1n) is 7.49. The van der Waals surface area contributed by atoms with E-state index in [1.54, 1.807) is 30.5 Å². The molecule has 0 saturated heterocycles. The van der Waals surface area contributed by atoms with Crippen LogP contribution in [0, 0.1) is 0 Å². The van der Waals surface area contributed by atoms with Gasteiger partial charge in [0.15, 0.2) is 0 Å². The topological polar surface area (TPSA) is 74.8 Å². The zero-order chi connectivity index (χ0) is 16.5. The molecule has 2 aromatic carbocycles. The number of para-hydroxylation sites is 1. The van der Waals surface area contributed by atoms with Gasteiger partial charge >= 0.3 is 0 Å². The van der Waals surface area contributed by atoms with Crippen LogP contribution >= 0.6 is 0 Å². The van der Waals surface area contributed by atoms with Crippen LogP contribution in [0.5, 0.6) is 0 Å². The summed E-state index contributed by atoms with van der Waals surface area (Å²) in [5.74, 6) is -0.380. The Morgan fingerprint density at radius 1 is 0.958 bits per heavy atom. The Balaban J connectivity index is 1.69. The van der Waals surface area contributed by atoms with Crippen LogP contribution in [-0.4, -0.2) is 15.9 Å². The zero-order valence-electron chi connectivity index (χ0n) is 12.6. The second kappa shape index (κ2) is 5.62. The fourth-order valence-corrected chi connectivity index (χ4v) is 2.67. The number of carbonyl (C=O) groups excluding carboxylic acids is 1. The molecule has 0 saturated carbocycles. The second-order valence-electron chi connectivity index (χ2n) is 5.47. The molecular weight excluding hydrogens is 302 g/mol. The van der Waals surface area contributed by atoms with E-state index in [1.165, 1.54) is 0 Å². The lowest BCUT2D eigenvalue weighted by Gasteiger charge is -2.07. The molecule has 0 aliphatic carbocycles. The van der Waals surface area contributed by atoms with Gasteiger partial charge < -0.3 is 10.3 Å². The first kappa shape index (κ1) is 14.1. The van der Waals surface area contributed by atoms with Gasteiger partial charge in [0, 0.05) is 10.8 Å². The van der Waals surface area contributed by atoms with Crippen LogP contribution in [-0.2, 0) is 0 Å². The number of amides is 1. The van der Waals surface area contributed by atoms with Gasteiger partial charge in [0.2, 0.25) is 0 Å². The van der Waals surface area contributed by atoms with Crippen LogP contribution in [0.1, 0.15) is 10.5 Å². The van der Waals surface area contributed by atoms with Gasteiger partial charge in [-0.25, -0.2) is 0 Å². The van der Waals surface area contributed by atoms with Gasteiger partial charge in [0.05, 0.1) is 17.4 Å². The van der Waals surface area contributed by atoms with Gasteiger partial charge in [0.25, 0.3) is 11.5 Å². The summed E-state index contributed by atoms with van der Waals surface area (Å²) < 4.78 is 0. The summed E-state index contributed by atoms with van der Waals surface area (Å²) in [4.78, 5) is 31.4. The van der Waals surface area contributed by atoms with E-state index in [0.717, 1.165) is 16.3 Å². The molecule has 2 heterocycles. The Hall–Kier alpha value is -3.47. The number of hydrogen-bond acceptors (Lipinski definition) is 3. The number of benzene rings is 2. The maximum atomic E-state index is 12.4. The van der Waals surface area contributed by atoms with Crippen molar-refractivity contribution in [2.24, 2.45) is 0 Å². The van der Waals surface area contributed by atoms with Crippen molar-refractivity contribution < 1.29 is 4.79 Å². The molecule has 0 aliphatic heterocycles. The maximum Gasteiger partial charge on any atom is 0.272 e. The average molecular weight is 315 g/mol. The molecule has 24 heavy (non-hydrogen) atoms. The third kappa shape index (κ3) is 2.52. The highest BCUT2D eigenvalue weighted by molar-refractivity contribution is 6.05. The summed E-state index contributed by atoms with van der Waals surface area (Å²) in [7, 11) is 0. The lowest BCUT2D eigenvalue weighted by molar-refractivity contribution is 0.102. The van der Waals surface area contributed by atoms with E-state index in [9.17, 15) is 9.59 Å². The van der Waals surface area contributed by atoms with Crippen molar-refractivity contribution in [3.8, 4) is 0 Å². The first-order valence-corrected chi connectivity index (χ1v) is 7.49. The monoisotopic (exact) mass is 315 g/mol. The summed E-state index contributed by atoms with van der Waals surface area (Å²) in [5.41, 5.74) is 1.36. The number of nitrogens with zero attached hydrogens (tertiary/aromatic N) is 1. The Morgan fingerprint density at radius 3 is 2.58 bits per heavy atom. The predicted octanol–water partition coefficient (Wildman–Crippen LogP) is 3.33. The standard InChI is InChI=1S/C19H13N3O2/c23-18-15-7-3-1-5-12(15)10-17(22-18)19(24)21-14-9-13-6-2-4-8-16(13)20-11-14/h1-11H,(H,21,24)(H,22,23). The lowest BCUT2D eigenvalue weighted by Crippen LogP contribution is -2.19. The summed E-state index contributed by atoms with van der Waals surface area (Å²) in [6.45, 7) is 0. The van der Waals surface area contributed by atoms with Crippen LogP contribution in [0.15, 0.2) is 71.7 Å². The van der Waals surface area contributed by atoms with Crippen molar-refractivity contribution in [2.45, 2.75) is 0 Å². The number of pyridine rings is 2. The summed E-state index contributed by atoms with van der Waals surface area (Å²) in [6, 6.07) is 18.3. The molecule has 4 rings (SSSR count). The van der Waals surface area contributed by atoms with Crippen LogP contribution in [0.4, 0.5) is 5.69 Å². The zero-order valence-corrected chi connectivity index (χ0v) is 12.6. The van der Waals surface area contributed by atoms with Crippen LogP contribution in [0.2, 0.25) is 0 Å². The number of rotatable bonds is 2. The Morgan fingerprint density at radius 2 is 1.71 bits per heavy atom. The van der Waals surface area contributed by atoms with Crippen molar-refractivity contribution in [2.75, 3.05) is 5.32 Å². The molecular formula is C19H13N3O2. The number of aromatic amines is 1. The van der Waals surface area contributed by atoms with E-state index < -0.39 is 0 Å². The molecule has 5 heteroatoms. The molecule has 0 radical (unpaired) electrons. The Kier molecular flexibility index (Phi) is 3.31. The van der Waals surface area contributed by atoms with Crippen molar-refractivity contribution in [1.82, 2.24) is 9.97 Å². The summed E-state index contributed by atoms with van der Waals surface area (Å²) >= 11 is 0. The highest BCUT2D eigenvalue weighted by Gasteiger charge is 2.10. The van der Waals surface area contributed by atoms with Crippen LogP contribution in [0.3, 0.4) is 0 Å². The minimum absolute atomic E-state index is 0.215. The lowest BCUT2D eigenvalue weighted by atomic mass is 10.1. The van der Waals surface area contributed by atoms with E-state index >= 15 is 0 Å². The van der Waals surface area contributed by atoms with Crippen molar-refractivity contribution >= 4 is 33.3 Å². The van der Waals surface area contributed by atoms with E-state index in [1.807, 2.05) is 36.4 Å². The molecule has 0 unspecified atom stereocenters. The number of anilines is 1. The number of carbonyl (C=O) groups is 1. The molecule has 2 N–H and O–H groups in total. The van der Waals surface area contributed by atoms with Gasteiger partial charge in [-0.1, -0.05) is 36.4 Å². The van der Waals surface area contributed by atoms with Gasteiger partial charge in [-0.3, -0.25) is 14.6 Å². The largest absolute Gasteiger partial charge is 0.319 e. The highest BCUT2D eigenvalue weighted by Crippen LogP contribution is 2.17. The van der Waals surface area contributed by atoms with Gasteiger partial charge in [-0.2, -0.15) is 0 Å². The molecule has 0 atom stereocenters. The van der Waals surface area contributed by atoms with Gasteiger partial charge in [-0.15, -0.1) is 0 Å². The fraction of sp³-hybridized carbons (Fsp3) is 0. The van der Waals surface area contributed by atoms with E-state index in [0.29, 0.717) is 11.1 Å².